The van der Waals surface area contributed by atoms with Gasteiger partial charge in [-0.3, -0.25) is 4.99 Å². The number of guanidine groups is 1. The molecular formula is C14H21Cl2N3O. The lowest BCUT2D eigenvalue weighted by Crippen LogP contribution is -2.39. The van der Waals surface area contributed by atoms with Gasteiger partial charge >= 0.3 is 0 Å². The predicted molar refractivity (Wildman–Crippen MR) is 86.0 cm³/mol. The summed E-state index contributed by atoms with van der Waals surface area (Å²) >= 11 is 11.9. The summed E-state index contributed by atoms with van der Waals surface area (Å²) in [5, 5.41) is 7.79. The maximum absolute atomic E-state index is 5.96. The molecule has 1 aromatic rings. The summed E-state index contributed by atoms with van der Waals surface area (Å²) in [6, 6.07) is 5.57. The van der Waals surface area contributed by atoms with E-state index in [-0.39, 0.29) is 0 Å². The molecule has 1 aromatic carbocycles. The first-order valence-corrected chi connectivity index (χ1v) is 7.29. The molecule has 0 aromatic heterocycles. The minimum absolute atomic E-state index is 0.662. The van der Waals surface area contributed by atoms with E-state index < -0.39 is 0 Å². The van der Waals surface area contributed by atoms with E-state index in [1.54, 1.807) is 20.2 Å². The lowest BCUT2D eigenvalue weighted by atomic mass is 10.1. The Hall–Kier alpha value is -0.970. The first-order chi connectivity index (χ1) is 9.65. The van der Waals surface area contributed by atoms with Crippen molar-refractivity contribution in [2.75, 3.05) is 33.9 Å². The van der Waals surface area contributed by atoms with Gasteiger partial charge in [-0.1, -0.05) is 23.2 Å². The minimum Gasteiger partial charge on any atom is -0.385 e. The summed E-state index contributed by atoms with van der Waals surface area (Å²) in [4.78, 5) is 4.15. The van der Waals surface area contributed by atoms with Crippen LogP contribution in [0.3, 0.4) is 0 Å². The fourth-order valence-electron chi connectivity index (χ4n) is 1.72. The third-order valence-electron chi connectivity index (χ3n) is 2.67. The molecule has 0 fully saturated rings. The van der Waals surface area contributed by atoms with Crippen LogP contribution in [-0.4, -0.2) is 39.8 Å². The molecule has 20 heavy (non-hydrogen) atoms. The Morgan fingerprint density at radius 3 is 2.40 bits per heavy atom. The van der Waals surface area contributed by atoms with Gasteiger partial charge < -0.3 is 15.4 Å². The van der Waals surface area contributed by atoms with Crippen molar-refractivity contribution in [2.24, 2.45) is 4.99 Å². The van der Waals surface area contributed by atoms with Crippen molar-refractivity contribution < 1.29 is 4.74 Å². The van der Waals surface area contributed by atoms with Gasteiger partial charge in [0.05, 0.1) is 0 Å². The van der Waals surface area contributed by atoms with E-state index >= 15 is 0 Å². The lowest BCUT2D eigenvalue weighted by Gasteiger charge is -2.11. The molecule has 112 valence electrons. The maximum atomic E-state index is 5.96. The largest absolute Gasteiger partial charge is 0.385 e. The van der Waals surface area contributed by atoms with Gasteiger partial charge in [0.15, 0.2) is 5.96 Å². The smallest absolute Gasteiger partial charge is 0.190 e. The van der Waals surface area contributed by atoms with Crippen molar-refractivity contribution >= 4 is 29.2 Å². The first kappa shape index (κ1) is 17.1. The molecule has 0 saturated carbocycles. The molecular weight excluding hydrogens is 297 g/mol. The molecule has 0 aliphatic carbocycles. The van der Waals surface area contributed by atoms with Crippen LogP contribution in [0.15, 0.2) is 23.2 Å². The molecule has 2 N–H and O–H groups in total. The number of rotatable bonds is 7. The zero-order valence-corrected chi connectivity index (χ0v) is 13.4. The van der Waals surface area contributed by atoms with Gasteiger partial charge in [0.2, 0.25) is 0 Å². The third kappa shape index (κ3) is 6.98. The second kappa shape index (κ2) is 9.86. The summed E-state index contributed by atoms with van der Waals surface area (Å²) in [6.07, 6.45) is 1.78. The summed E-state index contributed by atoms with van der Waals surface area (Å²) < 4.78 is 4.99. The van der Waals surface area contributed by atoms with Gasteiger partial charge in [0, 0.05) is 43.9 Å². The molecule has 0 heterocycles. The number of aliphatic imine (C=N–C) groups is 1. The van der Waals surface area contributed by atoms with Crippen LogP contribution in [0.5, 0.6) is 0 Å². The molecule has 0 bridgehead atoms. The van der Waals surface area contributed by atoms with Gasteiger partial charge in [-0.2, -0.15) is 0 Å². The van der Waals surface area contributed by atoms with Crippen molar-refractivity contribution in [3.05, 3.63) is 33.8 Å². The van der Waals surface area contributed by atoms with Crippen LogP contribution in [0.4, 0.5) is 0 Å². The third-order valence-corrected chi connectivity index (χ3v) is 3.11. The average molecular weight is 318 g/mol. The van der Waals surface area contributed by atoms with Crippen molar-refractivity contribution in [3.63, 3.8) is 0 Å². The number of nitrogens with zero attached hydrogens (tertiary/aromatic N) is 1. The number of hydrogen-bond acceptors (Lipinski definition) is 2. The SMILES string of the molecule is CN=C(NCCCOC)NCCc1cc(Cl)cc(Cl)c1. The van der Waals surface area contributed by atoms with E-state index in [1.165, 1.54) is 0 Å². The Balaban J connectivity index is 2.30. The second-order valence-corrected chi connectivity index (χ2v) is 5.17. The number of benzene rings is 1. The van der Waals surface area contributed by atoms with Crippen molar-refractivity contribution in [3.8, 4) is 0 Å². The minimum atomic E-state index is 0.662. The standard InChI is InChI=1S/C14H21Cl2N3O/c1-17-14(18-5-3-7-20-2)19-6-4-11-8-12(15)10-13(16)9-11/h8-10H,3-7H2,1-2H3,(H2,17,18,19). The van der Waals surface area contributed by atoms with Crippen LogP contribution >= 0.6 is 23.2 Å². The highest BCUT2D eigenvalue weighted by atomic mass is 35.5. The van der Waals surface area contributed by atoms with Crippen LogP contribution < -0.4 is 10.6 Å². The number of hydrogen-bond donors (Lipinski definition) is 2. The second-order valence-electron chi connectivity index (χ2n) is 4.30. The molecule has 0 radical (unpaired) electrons. The van der Waals surface area contributed by atoms with Crippen molar-refractivity contribution in [2.45, 2.75) is 12.8 Å². The van der Waals surface area contributed by atoms with E-state index in [1.807, 2.05) is 12.1 Å². The average Bonchev–Trinajstić information content (AvgIpc) is 2.40. The van der Waals surface area contributed by atoms with Gasteiger partial charge in [-0.15, -0.1) is 0 Å². The molecule has 0 amide bonds. The summed E-state index contributed by atoms with van der Waals surface area (Å²) in [7, 11) is 3.45. The molecule has 0 atom stereocenters. The molecule has 4 nitrogen and oxygen atoms in total. The Morgan fingerprint density at radius 2 is 1.80 bits per heavy atom. The van der Waals surface area contributed by atoms with E-state index in [4.69, 9.17) is 27.9 Å². The molecule has 0 aliphatic rings. The predicted octanol–water partition coefficient (Wildman–Crippen LogP) is 2.74. The van der Waals surface area contributed by atoms with Crippen LogP contribution in [0.1, 0.15) is 12.0 Å². The van der Waals surface area contributed by atoms with Crippen LogP contribution in [-0.2, 0) is 11.2 Å². The number of ether oxygens (including phenoxy) is 1. The molecule has 1 rings (SSSR count). The van der Waals surface area contributed by atoms with Crippen molar-refractivity contribution in [1.29, 1.82) is 0 Å². The summed E-state index contributed by atoms with van der Waals surface area (Å²) in [6.45, 7) is 2.34. The number of nitrogens with one attached hydrogen (secondary N) is 2. The lowest BCUT2D eigenvalue weighted by molar-refractivity contribution is 0.195. The number of halogens is 2. The van der Waals surface area contributed by atoms with E-state index in [0.29, 0.717) is 10.0 Å². The Bertz CT molecular complexity index is 418. The quantitative estimate of drug-likeness (QED) is 0.462. The molecule has 0 unspecified atom stereocenters. The van der Waals surface area contributed by atoms with Crippen molar-refractivity contribution in [1.82, 2.24) is 10.6 Å². The topological polar surface area (TPSA) is 45.7 Å². The molecule has 0 spiro atoms. The Morgan fingerprint density at radius 1 is 1.15 bits per heavy atom. The molecule has 0 aliphatic heterocycles. The van der Waals surface area contributed by atoms with E-state index in [9.17, 15) is 0 Å². The highest BCUT2D eigenvalue weighted by Gasteiger charge is 2.00. The summed E-state index contributed by atoms with van der Waals surface area (Å²) in [5.41, 5.74) is 1.10. The highest BCUT2D eigenvalue weighted by molar-refractivity contribution is 6.34. The first-order valence-electron chi connectivity index (χ1n) is 6.54. The number of methoxy groups -OCH3 is 1. The Kier molecular flexibility index (Phi) is 8.42. The van der Waals surface area contributed by atoms with Crippen LogP contribution in [0.25, 0.3) is 0 Å². The molecule has 6 heteroatoms. The normalized spacial score (nSPS) is 11.5. The van der Waals surface area contributed by atoms with Crippen LogP contribution in [0.2, 0.25) is 10.0 Å². The van der Waals surface area contributed by atoms with Gasteiger partial charge in [0.1, 0.15) is 0 Å². The fraction of sp³-hybridized carbons (Fsp3) is 0.500. The zero-order valence-electron chi connectivity index (χ0n) is 11.9. The van der Waals surface area contributed by atoms with E-state index in [0.717, 1.165) is 44.1 Å². The van der Waals surface area contributed by atoms with Gasteiger partial charge in [-0.05, 0) is 36.6 Å². The molecule has 0 saturated heterocycles. The van der Waals surface area contributed by atoms with Crippen LogP contribution in [0, 0.1) is 0 Å². The van der Waals surface area contributed by atoms with Gasteiger partial charge in [0.25, 0.3) is 0 Å². The van der Waals surface area contributed by atoms with E-state index in [2.05, 4.69) is 15.6 Å². The van der Waals surface area contributed by atoms with Gasteiger partial charge in [-0.25, -0.2) is 0 Å². The summed E-state index contributed by atoms with van der Waals surface area (Å²) in [5.74, 6) is 0.786. The maximum Gasteiger partial charge on any atom is 0.190 e. The fourth-order valence-corrected chi connectivity index (χ4v) is 2.30. The zero-order chi connectivity index (χ0) is 14.8. The highest BCUT2D eigenvalue weighted by Crippen LogP contribution is 2.19. The monoisotopic (exact) mass is 317 g/mol. The Labute approximate surface area is 130 Å².